The average molecular weight is 319 g/mol. The maximum atomic E-state index is 11.9. The van der Waals surface area contributed by atoms with Gasteiger partial charge in [0.05, 0.1) is 6.54 Å². The van der Waals surface area contributed by atoms with Crippen LogP contribution in [0.1, 0.15) is 12.5 Å². The Morgan fingerprint density at radius 2 is 2.17 bits per heavy atom. The number of carbonyl (C=O) groups excluding carboxylic acids is 3. The molecule has 8 nitrogen and oxygen atoms in total. The first-order chi connectivity index (χ1) is 10.9. The molecule has 1 saturated heterocycles. The first-order valence-electron chi connectivity index (χ1n) is 7.25. The number of cyclic esters (lactones) is 1. The molecule has 1 aromatic carbocycles. The summed E-state index contributed by atoms with van der Waals surface area (Å²) in [6.07, 6.45) is -0.956. The summed E-state index contributed by atoms with van der Waals surface area (Å²) in [5.74, 6) is -1.05. The van der Waals surface area contributed by atoms with Gasteiger partial charge >= 0.3 is 6.09 Å². The zero-order valence-electron chi connectivity index (χ0n) is 12.6. The molecule has 0 aliphatic carbocycles. The first kappa shape index (κ1) is 15.3. The van der Waals surface area contributed by atoms with E-state index in [0.29, 0.717) is 12.1 Å². The molecule has 122 valence electrons. The number of amides is 3. The van der Waals surface area contributed by atoms with E-state index in [1.54, 1.807) is 23.1 Å². The van der Waals surface area contributed by atoms with Crippen molar-refractivity contribution >= 4 is 29.3 Å². The van der Waals surface area contributed by atoms with Crippen molar-refractivity contribution in [3.8, 4) is 0 Å². The van der Waals surface area contributed by atoms with Gasteiger partial charge in [0.15, 0.2) is 6.10 Å². The minimum atomic E-state index is -0.956. The minimum absolute atomic E-state index is 0.0659. The number of aliphatic hydroxyl groups is 1. The van der Waals surface area contributed by atoms with Gasteiger partial charge in [0, 0.05) is 17.4 Å². The zero-order valence-corrected chi connectivity index (χ0v) is 12.6. The lowest BCUT2D eigenvalue weighted by Gasteiger charge is -2.22. The third kappa shape index (κ3) is 2.50. The van der Waals surface area contributed by atoms with Crippen LogP contribution in [0.2, 0.25) is 0 Å². The van der Waals surface area contributed by atoms with Crippen LogP contribution in [-0.2, 0) is 20.7 Å². The van der Waals surface area contributed by atoms with Crippen LogP contribution < -0.4 is 15.5 Å². The fraction of sp³-hybridized carbons (Fsp3) is 0.400. The lowest BCUT2D eigenvalue weighted by molar-refractivity contribution is -0.124. The Morgan fingerprint density at radius 1 is 1.43 bits per heavy atom. The Hall–Kier alpha value is -2.61. The standard InChI is InChI=1S/C15H17N3O5/c1-8-4-9-5-10(2-3-11(9)18(8)13(20)7-19)17-6-12(14(16)21)23-15(17)22/h2-3,5,8,12,19H,4,6-7H2,1H3,(H2,16,21)/t8-,12-/m1/s1. The molecular formula is C15H17N3O5. The number of ether oxygens (including phenoxy) is 1. The van der Waals surface area contributed by atoms with Crippen molar-refractivity contribution < 1.29 is 24.2 Å². The van der Waals surface area contributed by atoms with E-state index >= 15 is 0 Å². The molecule has 2 atom stereocenters. The van der Waals surface area contributed by atoms with Gasteiger partial charge in [-0.05, 0) is 37.1 Å². The van der Waals surface area contributed by atoms with Crippen LogP contribution in [-0.4, -0.2) is 48.3 Å². The molecule has 0 aromatic heterocycles. The largest absolute Gasteiger partial charge is 0.434 e. The third-order valence-corrected chi connectivity index (χ3v) is 4.12. The fourth-order valence-electron chi connectivity index (χ4n) is 3.06. The Kier molecular flexibility index (Phi) is 3.69. The van der Waals surface area contributed by atoms with E-state index in [2.05, 4.69) is 0 Å². The van der Waals surface area contributed by atoms with Gasteiger partial charge in [-0.15, -0.1) is 0 Å². The predicted octanol–water partition coefficient (Wildman–Crippen LogP) is -0.233. The molecule has 8 heteroatoms. The van der Waals surface area contributed by atoms with Gasteiger partial charge in [-0.1, -0.05) is 0 Å². The van der Waals surface area contributed by atoms with Crippen LogP contribution >= 0.6 is 0 Å². The summed E-state index contributed by atoms with van der Waals surface area (Å²) in [4.78, 5) is 37.8. The van der Waals surface area contributed by atoms with Crippen molar-refractivity contribution in [2.24, 2.45) is 5.73 Å². The summed E-state index contributed by atoms with van der Waals surface area (Å²) in [6, 6.07) is 5.14. The topological polar surface area (TPSA) is 113 Å². The van der Waals surface area contributed by atoms with Crippen LogP contribution in [0.3, 0.4) is 0 Å². The third-order valence-electron chi connectivity index (χ3n) is 4.12. The fourth-order valence-corrected chi connectivity index (χ4v) is 3.06. The van der Waals surface area contributed by atoms with Gasteiger partial charge < -0.3 is 20.5 Å². The predicted molar refractivity (Wildman–Crippen MR) is 81.0 cm³/mol. The second kappa shape index (κ2) is 5.54. The van der Waals surface area contributed by atoms with Crippen molar-refractivity contribution in [1.82, 2.24) is 0 Å². The molecule has 23 heavy (non-hydrogen) atoms. The van der Waals surface area contributed by atoms with Crippen molar-refractivity contribution in [3.63, 3.8) is 0 Å². The molecule has 0 unspecified atom stereocenters. The van der Waals surface area contributed by atoms with Gasteiger partial charge in [0.25, 0.3) is 11.8 Å². The molecule has 3 N–H and O–H groups in total. The Morgan fingerprint density at radius 3 is 2.78 bits per heavy atom. The highest BCUT2D eigenvalue weighted by molar-refractivity contribution is 5.99. The van der Waals surface area contributed by atoms with E-state index < -0.39 is 24.7 Å². The van der Waals surface area contributed by atoms with Crippen LogP contribution in [0.4, 0.5) is 16.2 Å². The Bertz CT molecular complexity index is 690. The van der Waals surface area contributed by atoms with Crippen LogP contribution in [0, 0.1) is 0 Å². The van der Waals surface area contributed by atoms with Gasteiger partial charge in [-0.25, -0.2) is 4.79 Å². The van der Waals surface area contributed by atoms with Crippen LogP contribution in [0.5, 0.6) is 0 Å². The summed E-state index contributed by atoms with van der Waals surface area (Å²) < 4.78 is 4.92. The van der Waals surface area contributed by atoms with Crippen molar-refractivity contribution in [1.29, 1.82) is 0 Å². The lowest BCUT2D eigenvalue weighted by Crippen LogP contribution is -2.37. The number of benzene rings is 1. The molecule has 3 amide bonds. The van der Waals surface area contributed by atoms with E-state index in [-0.39, 0.29) is 18.5 Å². The van der Waals surface area contributed by atoms with Gasteiger partial charge in [0.1, 0.15) is 6.61 Å². The van der Waals surface area contributed by atoms with Crippen molar-refractivity contribution in [2.75, 3.05) is 23.0 Å². The van der Waals surface area contributed by atoms with E-state index in [1.807, 2.05) is 6.92 Å². The highest BCUT2D eigenvalue weighted by Crippen LogP contribution is 2.36. The molecule has 1 fully saturated rings. The maximum absolute atomic E-state index is 11.9. The first-order valence-corrected chi connectivity index (χ1v) is 7.25. The molecule has 0 bridgehead atoms. The number of hydrogen-bond donors (Lipinski definition) is 2. The number of nitrogens with two attached hydrogens (primary N) is 1. The number of aliphatic hydroxyl groups excluding tert-OH is 1. The average Bonchev–Trinajstić information content (AvgIpc) is 3.05. The molecule has 2 aliphatic heterocycles. The monoisotopic (exact) mass is 319 g/mol. The number of carbonyl (C=O) groups is 3. The molecular weight excluding hydrogens is 302 g/mol. The molecule has 2 heterocycles. The van der Waals surface area contributed by atoms with Crippen LogP contribution in [0.25, 0.3) is 0 Å². The smallest absolute Gasteiger partial charge is 0.415 e. The summed E-state index contributed by atoms with van der Waals surface area (Å²) in [7, 11) is 0. The highest BCUT2D eigenvalue weighted by Gasteiger charge is 2.37. The number of nitrogens with zero attached hydrogens (tertiary/aromatic N) is 2. The molecule has 2 aliphatic rings. The minimum Gasteiger partial charge on any atom is -0.434 e. The number of anilines is 2. The lowest BCUT2D eigenvalue weighted by atomic mass is 10.1. The molecule has 3 rings (SSSR count). The molecule has 0 radical (unpaired) electrons. The highest BCUT2D eigenvalue weighted by atomic mass is 16.6. The van der Waals surface area contributed by atoms with E-state index in [0.717, 1.165) is 11.3 Å². The zero-order chi connectivity index (χ0) is 16.7. The molecule has 0 saturated carbocycles. The van der Waals surface area contributed by atoms with Crippen molar-refractivity contribution in [2.45, 2.75) is 25.5 Å². The number of primary amides is 1. The second-order valence-electron chi connectivity index (χ2n) is 5.67. The second-order valence-corrected chi connectivity index (χ2v) is 5.67. The maximum Gasteiger partial charge on any atom is 0.415 e. The summed E-state index contributed by atoms with van der Waals surface area (Å²) in [5, 5.41) is 9.08. The van der Waals surface area contributed by atoms with E-state index in [4.69, 9.17) is 15.6 Å². The summed E-state index contributed by atoms with van der Waals surface area (Å²) >= 11 is 0. The normalized spacial score (nSPS) is 23.0. The van der Waals surface area contributed by atoms with Crippen molar-refractivity contribution in [3.05, 3.63) is 23.8 Å². The summed E-state index contributed by atoms with van der Waals surface area (Å²) in [6.45, 7) is 1.41. The molecule has 0 spiro atoms. The van der Waals surface area contributed by atoms with Gasteiger partial charge in [-0.2, -0.15) is 0 Å². The SMILES string of the molecule is C[C@@H]1Cc2cc(N3C[C@H](C(N)=O)OC3=O)ccc2N1C(=O)CO. The quantitative estimate of drug-likeness (QED) is 0.799. The molecule has 1 aromatic rings. The van der Waals surface area contributed by atoms with Gasteiger partial charge in [-0.3, -0.25) is 14.5 Å². The number of fused-ring (bicyclic) bond motifs is 1. The number of hydrogen-bond acceptors (Lipinski definition) is 5. The number of rotatable bonds is 3. The Balaban J connectivity index is 1.89. The van der Waals surface area contributed by atoms with E-state index in [1.165, 1.54) is 4.90 Å². The Labute approximate surface area is 132 Å². The summed E-state index contributed by atoms with van der Waals surface area (Å²) in [5.41, 5.74) is 7.37. The van der Waals surface area contributed by atoms with Gasteiger partial charge in [0.2, 0.25) is 0 Å². The van der Waals surface area contributed by atoms with Crippen LogP contribution in [0.15, 0.2) is 18.2 Å². The van der Waals surface area contributed by atoms with E-state index in [9.17, 15) is 14.4 Å².